The Kier molecular flexibility index (Phi) is 5.78. The van der Waals surface area contributed by atoms with Crippen LogP contribution in [0.2, 0.25) is 0 Å². The summed E-state index contributed by atoms with van der Waals surface area (Å²) in [5, 5.41) is 4.36. The van der Waals surface area contributed by atoms with E-state index < -0.39 is 0 Å². The third-order valence-corrected chi connectivity index (χ3v) is 8.47. The Hall–Kier alpha value is -6.13. The topological polar surface area (TPSA) is 42.4 Å². The fraction of sp³-hybridized carbons (Fsp3) is 0. The van der Waals surface area contributed by atoms with Crippen LogP contribution in [-0.2, 0) is 0 Å². The van der Waals surface area contributed by atoms with Crippen molar-refractivity contribution in [1.82, 2.24) is 4.98 Å². The van der Waals surface area contributed by atoms with Gasteiger partial charge in [0.15, 0.2) is 11.2 Å². The van der Waals surface area contributed by atoms with Crippen molar-refractivity contribution in [1.29, 1.82) is 0 Å². The average Bonchev–Trinajstić information content (AvgIpc) is 3.71. The molecule has 0 aliphatic rings. The van der Waals surface area contributed by atoms with Crippen LogP contribution in [-0.4, -0.2) is 4.98 Å². The molecule has 2 heterocycles. The van der Waals surface area contributed by atoms with E-state index >= 15 is 0 Å². The molecular formula is C41H26N2O2. The van der Waals surface area contributed by atoms with E-state index in [1.807, 2.05) is 54.6 Å². The highest BCUT2D eigenvalue weighted by Gasteiger charge is 2.26. The maximum absolute atomic E-state index is 6.68. The Balaban J connectivity index is 1.36. The second-order valence-electron chi connectivity index (χ2n) is 11.2. The van der Waals surface area contributed by atoms with Crippen LogP contribution in [0.15, 0.2) is 167 Å². The summed E-state index contributed by atoms with van der Waals surface area (Å²) in [7, 11) is 0. The van der Waals surface area contributed by atoms with Gasteiger partial charge in [0.2, 0.25) is 5.89 Å². The van der Waals surface area contributed by atoms with Crippen molar-refractivity contribution in [3.05, 3.63) is 158 Å². The summed E-state index contributed by atoms with van der Waals surface area (Å²) in [5.41, 5.74) is 9.05. The van der Waals surface area contributed by atoms with Crippen molar-refractivity contribution in [2.75, 3.05) is 4.90 Å². The minimum absolute atomic E-state index is 0.571. The second-order valence-corrected chi connectivity index (χ2v) is 11.2. The van der Waals surface area contributed by atoms with Gasteiger partial charge in [-0.25, -0.2) is 4.98 Å². The number of benzene rings is 7. The van der Waals surface area contributed by atoms with Crippen LogP contribution in [0.3, 0.4) is 0 Å². The van der Waals surface area contributed by atoms with Crippen LogP contribution in [0.25, 0.3) is 66.4 Å². The maximum Gasteiger partial charge on any atom is 0.227 e. The van der Waals surface area contributed by atoms with E-state index in [4.69, 9.17) is 13.8 Å². The summed E-state index contributed by atoms with van der Waals surface area (Å²) in [6.07, 6.45) is 0. The second kappa shape index (κ2) is 10.2. The van der Waals surface area contributed by atoms with Crippen molar-refractivity contribution < 1.29 is 8.83 Å². The summed E-state index contributed by atoms with van der Waals surface area (Å²) in [6.45, 7) is 0. The van der Waals surface area contributed by atoms with Gasteiger partial charge in [-0.2, -0.15) is 0 Å². The van der Waals surface area contributed by atoms with E-state index in [0.29, 0.717) is 11.5 Å². The Bertz CT molecular complexity index is 2480. The van der Waals surface area contributed by atoms with Gasteiger partial charge in [0.05, 0.1) is 0 Å². The van der Waals surface area contributed by atoms with E-state index in [1.165, 1.54) is 10.9 Å². The molecule has 45 heavy (non-hydrogen) atoms. The van der Waals surface area contributed by atoms with Crippen molar-refractivity contribution in [2.24, 2.45) is 0 Å². The summed E-state index contributed by atoms with van der Waals surface area (Å²) in [4.78, 5) is 7.26. The smallest absolute Gasteiger partial charge is 0.227 e. The predicted molar refractivity (Wildman–Crippen MR) is 184 cm³/mol. The molecule has 9 aromatic rings. The van der Waals surface area contributed by atoms with Gasteiger partial charge in [-0.15, -0.1) is 0 Å². The Morgan fingerprint density at radius 2 is 1.09 bits per heavy atom. The highest BCUT2D eigenvalue weighted by atomic mass is 16.4. The summed E-state index contributed by atoms with van der Waals surface area (Å²) in [5.74, 6) is 0.571. The van der Waals surface area contributed by atoms with Crippen LogP contribution in [0.4, 0.5) is 17.1 Å². The van der Waals surface area contributed by atoms with Gasteiger partial charge in [0.1, 0.15) is 16.8 Å². The minimum Gasteiger partial charge on any atom is -0.454 e. The summed E-state index contributed by atoms with van der Waals surface area (Å²) < 4.78 is 13.4. The number of anilines is 3. The third-order valence-electron chi connectivity index (χ3n) is 8.47. The van der Waals surface area contributed by atoms with Crippen molar-refractivity contribution in [3.63, 3.8) is 0 Å². The quantitative estimate of drug-likeness (QED) is 0.204. The number of hydrogen-bond acceptors (Lipinski definition) is 4. The lowest BCUT2D eigenvalue weighted by Crippen LogP contribution is -2.10. The molecule has 0 N–H and O–H groups in total. The molecule has 0 amide bonds. The molecule has 0 saturated heterocycles. The van der Waals surface area contributed by atoms with Crippen molar-refractivity contribution in [3.8, 4) is 22.6 Å². The standard InChI is InChI=1S/C41H26N2O2/c1-3-11-27(12-4-1)29-19-22-32(23-20-29)43(33-24-21-28-13-7-8-16-31(28)25-33)38-39-35(34-17-9-10-18-37(34)44-39)26-36-40(38)45-41(42-36)30-14-5-2-6-15-30/h1-26H. The first-order valence-corrected chi connectivity index (χ1v) is 15.0. The summed E-state index contributed by atoms with van der Waals surface area (Å²) >= 11 is 0. The van der Waals surface area contributed by atoms with Gasteiger partial charge < -0.3 is 13.7 Å². The van der Waals surface area contributed by atoms with Gasteiger partial charge in [0, 0.05) is 27.7 Å². The van der Waals surface area contributed by atoms with E-state index in [1.54, 1.807) is 0 Å². The Labute approximate surface area is 259 Å². The van der Waals surface area contributed by atoms with Gasteiger partial charge in [-0.05, 0) is 70.4 Å². The van der Waals surface area contributed by atoms with E-state index in [9.17, 15) is 0 Å². The monoisotopic (exact) mass is 578 g/mol. The van der Waals surface area contributed by atoms with Crippen molar-refractivity contribution in [2.45, 2.75) is 0 Å². The molecule has 0 aliphatic carbocycles. The van der Waals surface area contributed by atoms with Gasteiger partial charge in [0.25, 0.3) is 0 Å². The van der Waals surface area contributed by atoms with E-state index in [-0.39, 0.29) is 0 Å². The van der Waals surface area contributed by atoms with Crippen LogP contribution < -0.4 is 4.90 Å². The Morgan fingerprint density at radius 1 is 0.444 bits per heavy atom. The Morgan fingerprint density at radius 3 is 1.89 bits per heavy atom. The number of aromatic nitrogens is 1. The number of nitrogens with zero attached hydrogens (tertiary/aromatic N) is 2. The molecule has 212 valence electrons. The number of para-hydroxylation sites is 1. The molecular weight excluding hydrogens is 552 g/mol. The predicted octanol–water partition coefficient (Wildman–Crippen LogP) is 11.7. The molecule has 0 bridgehead atoms. The molecule has 0 spiro atoms. The first kappa shape index (κ1) is 25.4. The zero-order chi connectivity index (χ0) is 29.7. The highest BCUT2D eigenvalue weighted by Crippen LogP contribution is 2.48. The molecule has 0 unspecified atom stereocenters. The van der Waals surface area contributed by atoms with Crippen LogP contribution >= 0.6 is 0 Å². The summed E-state index contributed by atoms with van der Waals surface area (Å²) in [6, 6.07) is 54.4. The number of fused-ring (bicyclic) bond motifs is 5. The lowest BCUT2D eigenvalue weighted by molar-refractivity contribution is 0.618. The molecule has 7 aromatic carbocycles. The molecule has 4 nitrogen and oxygen atoms in total. The molecule has 2 aromatic heterocycles. The number of furan rings is 1. The van der Waals surface area contributed by atoms with Gasteiger partial charge >= 0.3 is 0 Å². The first-order valence-electron chi connectivity index (χ1n) is 15.0. The SMILES string of the molecule is c1ccc(-c2ccc(N(c3ccc4ccccc4c3)c3c4oc(-c5ccccc5)nc4cc4c3oc3ccccc34)cc2)cc1. The number of oxazole rings is 1. The highest BCUT2D eigenvalue weighted by molar-refractivity contribution is 6.17. The van der Waals surface area contributed by atoms with Gasteiger partial charge in [-0.1, -0.05) is 109 Å². The van der Waals surface area contributed by atoms with Crippen LogP contribution in [0.5, 0.6) is 0 Å². The average molecular weight is 579 g/mol. The fourth-order valence-electron chi connectivity index (χ4n) is 6.29. The lowest BCUT2D eigenvalue weighted by atomic mass is 10.0. The molecule has 9 rings (SSSR count). The molecule has 0 saturated carbocycles. The number of hydrogen-bond donors (Lipinski definition) is 0. The maximum atomic E-state index is 6.68. The lowest BCUT2D eigenvalue weighted by Gasteiger charge is -2.26. The van der Waals surface area contributed by atoms with Crippen LogP contribution in [0.1, 0.15) is 0 Å². The molecule has 0 radical (unpaired) electrons. The van der Waals surface area contributed by atoms with Crippen molar-refractivity contribution >= 4 is 60.9 Å². The molecule has 0 aliphatic heterocycles. The van der Waals surface area contributed by atoms with E-state index in [0.717, 1.165) is 61.0 Å². The zero-order valence-corrected chi connectivity index (χ0v) is 24.2. The fourth-order valence-corrected chi connectivity index (χ4v) is 6.29. The first-order chi connectivity index (χ1) is 22.3. The molecule has 4 heteroatoms. The van der Waals surface area contributed by atoms with E-state index in [2.05, 4.69) is 108 Å². The third kappa shape index (κ3) is 4.27. The normalized spacial score (nSPS) is 11.6. The van der Waals surface area contributed by atoms with Gasteiger partial charge in [-0.3, -0.25) is 0 Å². The number of rotatable bonds is 5. The zero-order valence-electron chi connectivity index (χ0n) is 24.2. The molecule has 0 fully saturated rings. The largest absolute Gasteiger partial charge is 0.454 e. The van der Waals surface area contributed by atoms with Crippen LogP contribution in [0, 0.1) is 0 Å². The molecule has 0 atom stereocenters. The minimum atomic E-state index is 0.571.